The number of carbonyl (C=O) groups excluding carboxylic acids is 1. The van der Waals surface area contributed by atoms with Gasteiger partial charge in [-0.05, 0) is 79.4 Å². The third-order valence-electron chi connectivity index (χ3n) is 7.52. The van der Waals surface area contributed by atoms with Gasteiger partial charge in [-0.15, -0.1) is 0 Å². The van der Waals surface area contributed by atoms with Crippen molar-refractivity contribution >= 4 is 28.2 Å². The molecule has 1 saturated carbocycles. The van der Waals surface area contributed by atoms with Crippen LogP contribution >= 0.6 is 0 Å². The highest BCUT2D eigenvalue weighted by molar-refractivity contribution is 5.95. The number of aryl methyl sites for hydroxylation is 1. The smallest absolute Gasteiger partial charge is 0.290 e. The van der Waals surface area contributed by atoms with Crippen LogP contribution in [-0.2, 0) is 6.54 Å². The molecule has 7 heteroatoms. The number of hydrogen-bond donors (Lipinski definition) is 2. The summed E-state index contributed by atoms with van der Waals surface area (Å²) in [6, 6.07) is 27.6. The SMILES string of the molecule is CCn1nc(-c2cccc(-c3ccc(C(=O)NC4CCCC4)cc3)c2)cc(Nc2cccc3ncccc23)c1=O. The zero-order valence-corrected chi connectivity index (χ0v) is 22.4. The molecular formula is C33H31N5O2. The van der Waals surface area contributed by atoms with Crippen molar-refractivity contribution in [1.82, 2.24) is 20.1 Å². The molecule has 2 aromatic heterocycles. The molecule has 0 radical (unpaired) electrons. The van der Waals surface area contributed by atoms with Crippen LogP contribution in [0.2, 0.25) is 0 Å². The van der Waals surface area contributed by atoms with Gasteiger partial charge >= 0.3 is 0 Å². The van der Waals surface area contributed by atoms with Crippen molar-refractivity contribution in [3.8, 4) is 22.4 Å². The second-order valence-electron chi connectivity index (χ2n) is 10.2. The highest BCUT2D eigenvalue weighted by atomic mass is 16.1. The fourth-order valence-electron chi connectivity index (χ4n) is 5.36. The van der Waals surface area contributed by atoms with Crippen LogP contribution in [0.3, 0.4) is 0 Å². The van der Waals surface area contributed by atoms with E-state index >= 15 is 0 Å². The number of anilines is 2. The molecule has 3 aromatic carbocycles. The van der Waals surface area contributed by atoms with E-state index in [1.165, 1.54) is 17.5 Å². The quantitative estimate of drug-likeness (QED) is 0.249. The van der Waals surface area contributed by atoms with E-state index < -0.39 is 0 Å². The number of pyridine rings is 1. The third-order valence-corrected chi connectivity index (χ3v) is 7.52. The molecule has 6 rings (SSSR count). The fourth-order valence-corrected chi connectivity index (χ4v) is 5.36. The Morgan fingerprint density at radius 2 is 1.65 bits per heavy atom. The maximum absolute atomic E-state index is 13.2. The molecule has 40 heavy (non-hydrogen) atoms. The van der Waals surface area contributed by atoms with E-state index in [0.29, 0.717) is 29.5 Å². The van der Waals surface area contributed by atoms with Crippen LogP contribution in [0.15, 0.2) is 95.9 Å². The molecule has 0 saturated heterocycles. The van der Waals surface area contributed by atoms with Gasteiger partial charge in [0.05, 0.1) is 11.2 Å². The van der Waals surface area contributed by atoms with E-state index in [-0.39, 0.29) is 11.5 Å². The second-order valence-corrected chi connectivity index (χ2v) is 10.2. The van der Waals surface area contributed by atoms with Crippen LogP contribution in [0.5, 0.6) is 0 Å². The molecular weight excluding hydrogens is 498 g/mol. The van der Waals surface area contributed by atoms with Crippen LogP contribution in [0, 0.1) is 0 Å². The Kier molecular flexibility index (Phi) is 7.10. The molecule has 5 aromatic rings. The topological polar surface area (TPSA) is 88.9 Å². The molecule has 200 valence electrons. The largest absolute Gasteiger partial charge is 0.350 e. The number of hydrogen-bond acceptors (Lipinski definition) is 5. The molecule has 1 amide bonds. The molecule has 1 aliphatic rings. The summed E-state index contributed by atoms with van der Waals surface area (Å²) in [7, 11) is 0. The van der Waals surface area contributed by atoms with Gasteiger partial charge in [0.25, 0.3) is 11.5 Å². The van der Waals surface area contributed by atoms with Crippen molar-refractivity contribution in [2.24, 2.45) is 0 Å². The maximum atomic E-state index is 13.2. The summed E-state index contributed by atoms with van der Waals surface area (Å²) in [4.78, 5) is 30.3. The van der Waals surface area contributed by atoms with Crippen molar-refractivity contribution in [3.63, 3.8) is 0 Å². The summed E-state index contributed by atoms with van der Waals surface area (Å²) in [6.45, 7) is 2.35. The first kappa shape index (κ1) is 25.5. The predicted molar refractivity (Wildman–Crippen MR) is 160 cm³/mol. The first-order valence-corrected chi connectivity index (χ1v) is 13.8. The lowest BCUT2D eigenvalue weighted by molar-refractivity contribution is 0.0938. The van der Waals surface area contributed by atoms with Gasteiger partial charge in [-0.2, -0.15) is 5.10 Å². The molecule has 0 unspecified atom stereocenters. The van der Waals surface area contributed by atoms with Crippen molar-refractivity contribution in [2.75, 3.05) is 5.32 Å². The normalized spacial score (nSPS) is 13.4. The number of amides is 1. The number of benzene rings is 3. The van der Waals surface area contributed by atoms with Gasteiger partial charge in [-0.25, -0.2) is 4.68 Å². The molecule has 2 heterocycles. The van der Waals surface area contributed by atoms with Gasteiger partial charge < -0.3 is 10.6 Å². The molecule has 1 fully saturated rings. The van der Waals surface area contributed by atoms with Crippen LogP contribution < -0.4 is 16.2 Å². The Balaban J connectivity index is 1.29. The number of nitrogens with one attached hydrogen (secondary N) is 2. The number of rotatable bonds is 7. The zero-order chi connectivity index (χ0) is 27.5. The Hall–Kier alpha value is -4.78. The van der Waals surface area contributed by atoms with Crippen LogP contribution in [-0.4, -0.2) is 26.7 Å². The van der Waals surface area contributed by atoms with Crippen LogP contribution in [0.4, 0.5) is 11.4 Å². The summed E-state index contributed by atoms with van der Waals surface area (Å²) >= 11 is 0. The van der Waals surface area contributed by atoms with E-state index in [4.69, 9.17) is 0 Å². The fraction of sp³-hybridized carbons (Fsp3) is 0.212. The summed E-state index contributed by atoms with van der Waals surface area (Å²) in [5.41, 5.74) is 6.20. The number of fused-ring (bicyclic) bond motifs is 1. The van der Waals surface area contributed by atoms with Gasteiger partial charge in [-0.1, -0.05) is 49.2 Å². The highest BCUT2D eigenvalue weighted by Gasteiger charge is 2.18. The van der Waals surface area contributed by atoms with Crippen LogP contribution in [0.1, 0.15) is 43.0 Å². The summed E-state index contributed by atoms with van der Waals surface area (Å²) in [6.07, 6.45) is 6.25. The summed E-state index contributed by atoms with van der Waals surface area (Å²) in [5, 5.41) is 12.1. The Labute approximate surface area is 232 Å². The van der Waals surface area contributed by atoms with E-state index in [1.54, 1.807) is 12.3 Å². The Morgan fingerprint density at radius 3 is 2.45 bits per heavy atom. The van der Waals surface area contributed by atoms with E-state index in [1.807, 2.05) is 79.7 Å². The lowest BCUT2D eigenvalue weighted by atomic mass is 10.00. The minimum atomic E-state index is -0.185. The molecule has 0 atom stereocenters. The van der Waals surface area contributed by atoms with Crippen LogP contribution in [0.25, 0.3) is 33.3 Å². The lowest BCUT2D eigenvalue weighted by Crippen LogP contribution is -2.32. The number of aromatic nitrogens is 3. The Morgan fingerprint density at radius 1 is 0.875 bits per heavy atom. The van der Waals surface area contributed by atoms with Gasteiger partial charge in [0.2, 0.25) is 0 Å². The average molecular weight is 530 g/mol. The van der Waals surface area contributed by atoms with Gasteiger partial charge in [-0.3, -0.25) is 14.6 Å². The first-order chi connectivity index (χ1) is 19.6. The van der Waals surface area contributed by atoms with E-state index in [0.717, 1.165) is 46.1 Å². The van der Waals surface area contributed by atoms with Crippen molar-refractivity contribution in [2.45, 2.75) is 45.2 Å². The van der Waals surface area contributed by atoms with E-state index in [9.17, 15) is 9.59 Å². The third kappa shape index (κ3) is 5.23. The van der Waals surface area contributed by atoms with Crippen molar-refractivity contribution in [1.29, 1.82) is 0 Å². The minimum absolute atomic E-state index is 0.0137. The minimum Gasteiger partial charge on any atom is -0.350 e. The number of carbonyl (C=O) groups is 1. The molecule has 0 spiro atoms. The average Bonchev–Trinajstić information content (AvgIpc) is 3.51. The van der Waals surface area contributed by atoms with E-state index in [2.05, 4.69) is 26.8 Å². The standard InChI is InChI=1S/C33H31N5O2/c1-2-38-33(40)31(36-29-14-6-13-28-27(29)12-7-19-34-28)21-30(37-38)25-9-5-8-24(20-25)22-15-17-23(18-16-22)32(39)35-26-10-3-4-11-26/h5-9,12-21,26,36H,2-4,10-11H2,1H3,(H,35,39). The van der Waals surface area contributed by atoms with Gasteiger partial charge in [0.1, 0.15) is 5.69 Å². The monoisotopic (exact) mass is 529 g/mol. The molecule has 2 N–H and O–H groups in total. The predicted octanol–water partition coefficient (Wildman–Crippen LogP) is 6.56. The van der Waals surface area contributed by atoms with Gasteiger partial charge in [0, 0.05) is 41.0 Å². The highest BCUT2D eigenvalue weighted by Crippen LogP contribution is 2.29. The summed E-state index contributed by atoms with van der Waals surface area (Å²) < 4.78 is 1.48. The molecule has 1 aliphatic carbocycles. The molecule has 0 bridgehead atoms. The number of nitrogens with zero attached hydrogens (tertiary/aromatic N) is 3. The van der Waals surface area contributed by atoms with Crippen molar-refractivity contribution in [3.05, 3.63) is 107 Å². The zero-order valence-electron chi connectivity index (χ0n) is 22.4. The first-order valence-electron chi connectivity index (χ1n) is 13.8. The molecule has 0 aliphatic heterocycles. The van der Waals surface area contributed by atoms with Gasteiger partial charge in [0.15, 0.2) is 0 Å². The van der Waals surface area contributed by atoms with Crippen molar-refractivity contribution < 1.29 is 4.79 Å². The molecule has 7 nitrogen and oxygen atoms in total. The maximum Gasteiger partial charge on any atom is 0.290 e. The summed E-state index contributed by atoms with van der Waals surface area (Å²) in [5.74, 6) is -0.0137. The Bertz CT molecular complexity index is 1730. The second kappa shape index (κ2) is 11.1. The lowest BCUT2D eigenvalue weighted by Gasteiger charge is -2.13.